The fraction of sp³-hybridized carbons (Fsp3) is 0.0370. The Morgan fingerprint density at radius 2 is 1.76 bits per heavy atom. The maximum Gasteiger partial charge on any atom is 0.266 e. The Morgan fingerprint density at radius 3 is 2.54 bits per heavy atom. The number of hydrogen-bond donors (Lipinski definition) is 4. The van der Waals surface area contributed by atoms with E-state index in [9.17, 15) is 18.7 Å². The highest BCUT2D eigenvalue weighted by Crippen LogP contribution is 2.25. The lowest BCUT2D eigenvalue weighted by molar-refractivity contribution is 0.475. The molecule has 37 heavy (non-hydrogen) atoms. The Bertz CT molecular complexity index is 1730. The van der Waals surface area contributed by atoms with E-state index < -0.39 is 17.2 Å². The molecule has 8 nitrogen and oxygen atoms in total. The van der Waals surface area contributed by atoms with E-state index in [-0.39, 0.29) is 46.3 Å². The van der Waals surface area contributed by atoms with Crippen molar-refractivity contribution in [2.45, 2.75) is 6.54 Å². The van der Waals surface area contributed by atoms with Gasteiger partial charge in [0.15, 0.2) is 0 Å². The summed E-state index contributed by atoms with van der Waals surface area (Å²) in [5, 5.41) is 21.7. The van der Waals surface area contributed by atoms with Crippen LogP contribution in [0, 0.1) is 17.0 Å². The van der Waals surface area contributed by atoms with Gasteiger partial charge in [0, 0.05) is 11.3 Å². The molecule has 0 atom stereocenters. The number of nitrogens with zero attached hydrogens (tertiary/aromatic N) is 3. The number of phenols is 1. The molecule has 0 spiro atoms. The maximum absolute atomic E-state index is 14.8. The third-order valence-corrected chi connectivity index (χ3v) is 5.86. The number of aromatic nitrogens is 3. The number of benzene rings is 3. The van der Waals surface area contributed by atoms with Crippen molar-refractivity contribution in [3.63, 3.8) is 0 Å². The molecule has 184 valence electrons. The van der Waals surface area contributed by atoms with Gasteiger partial charge in [-0.05, 0) is 41.8 Å². The Balaban J connectivity index is 1.62. The van der Waals surface area contributed by atoms with E-state index in [1.165, 1.54) is 48.8 Å². The number of phenolic OH excluding ortho intramolecular Hbond substituents is 1. The van der Waals surface area contributed by atoms with Crippen molar-refractivity contribution >= 4 is 28.1 Å². The molecule has 10 heteroatoms. The first-order chi connectivity index (χ1) is 17.8. The first-order valence-electron chi connectivity index (χ1n) is 11.2. The van der Waals surface area contributed by atoms with Gasteiger partial charge in [-0.15, -0.1) is 0 Å². The number of aromatic hydroxyl groups is 1. The number of fused-ring (bicyclic) bond motifs is 1. The summed E-state index contributed by atoms with van der Waals surface area (Å²) in [6.07, 6.45) is 1.22. The van der Waals surface area contributed by atoms with E-state index in [0.717, 1.165) is 4.57 Å². The maximum atomic E-state index is 14.8. The molecule has 0 unspecified atom stereocenters. The number of anilines is 2. The van der Waals surface area contributed by atoms with Gasteiger partial charge in [-0.3, -0.25) is 14.8 Å². The number of nitrogens with two attached hydrogens (primary N) is 1. The minimum atomic E-state index is -0.715. The lowest BCUT2D eigenvalue weighted by Crippen LogP contribution is -2.25. The fourth-order valence-corrected chi connectivity index (χ4v) is 4.16. The van der Waals surface area contributed by atoms with Crippen molar-refractivity contribution in [3.05, 3.63) is 118 Å². The third kappa shape index (κ3) is 4.36. The summed E-state index contributed by atoms with van der Waals surface area (Å²) in [5.41, 5.74) is 6.17. The minimum Gasteiger partial charge on any atom is -0.508 e. The highest BCUT2D eigenvalue weighted by atomic mass is 19.1. The van der Waals surface area contributed by atoms with Gasteiger partial charge in [0.05, 0.1) is 28.9 Å². The van der Waals surface area contributed by atoms with E-state index in [1.807, 2.05) is 0 Å². The number of nitrogen functional groups attached to an aromatic ring is 1. The quantitative estimate of drug-likeness (QED) is 0.257. The lowest BCUT2D eigenvalue weighted by atomic mass is 10.0. The predicted molar refractivity (Wildman–Crippen MR) is 137 cm³/mol. The third-order valence-electron chi connectivity index (χ3n) is 5.86. The molecule has 0 radical (unpaired) electrons. The highest BCUT2D eigenvalue weighted by molar-refractivity contribution is 6.16. The molecule has 2 heterocycles. The molecule has 3 aromatic carbocycles. The molecular formula is C27H20F2N6O2. The van der Waals surface area contributed by atoms with Crippen LogP contribution in [0.1, 0.15) is 16.8 Å². The molecule has 0 bridgehead atoms. The Labute approximate surface area is 209 Å². The average molecular weight is 498 g/mol. The Kier molecular flexibility index (Phi) is 6.06. The normalized spacial score (nSPS) is 11.0. The van der Waals surface area contributed by atoms with Crippen LogP contribution >= 0.6 is 0 Å². The van der Waals surface area contributed by atoms with Gasteiger partial charge >= 0.3 is 0 Å². The van der Waals surface area contributed by atoms with Crippen LogP contribution in [-0.2, 0) is 6.54 Å². The van der Waals surface area contributed by atoms with E-state index in [2.05, 4.69) is 15.3 Å². The second-order valence-corrected chi connectivity index (χ2v) is 8.19. The largest absolute Gasteiger partial charge is 0.508 e. The summed E-state index contributed by atoms with van der Waals surface area (Å²) in [6.45, 7) is -0.0488. The molecule has 5 aromatic rings. The molecule has 0 saturated heterocycles. The molecule has 5 N–H and O–H groups in total. The van der Waals surface area contributed by atoms with Crippen LogP contribution in [0.25, 0.3) is 16.5 Å². The van der Waals surface area contributed by atoms with Crippen LogP contribution in [0.15, 0.2) is 83.9 Å². The van der Waals surface area contributed by atoms with E-state index in [1.54, 1.807) is 30.3 Å². The number of hydrogen-bond acceptors (Lipinski definition) is 7. The summed E-state index contributed by atoms with van der Waals surface area (Å²) in [7, 11) is 0. The van der Waals surface area contributed by atoms with Crippen molar-refractivity contribution in [1.29, 1.82) is 5.41 Å². The Hall–Kier alpha value is -5.12. The van der Waals surface area contributed by atoms with Gasteiger partial charge in [0.1, 0.15) is 35.3 Å². The zero-order valence-electron chi connectivity index (χ0n) is 19.2. The number of halogens is 2. The Morgan fingerprint density at radius 1 is 1.00 bits per heavy atom. The van der Waals surface area contributed by atoms with Gasteiger partial charge in [-0.25, -0.2) is 18.7 Å². The van der Waals surface area contributed by atoms with Crippen molar-refractivity contribution in [1.82, 2.24) is 14.5 Å². The van der Waals surface area contributed by atoms with Gasteiger partial charge in [0.2, 0.25) is 0 Å². The van der Waals surface area contributed by atoms with Crippen molar-refractivity contribution in [3.8, 4) is 11.4 Å². The van der Waals surface area contributed by atoms with Gasteiger partial charge < -0.3 is 16.2 Å². The number of para-hydroxylation sites is 1. The second-order valence-electron chi connectivity index (χ2n) is 8.19. The van der Waals surface area contributed by atoms with Crippen LogP contribution in [0.3, 0.4) is 0 Å². The zero-order valence-corrected chi connectivity index (χ0v) is 19.2. The smallest absolute Gasteiger partial charge is 0.266 e. The molecule has 0 amide bonds. The monoisotopic (exact) mass is 498 g/mol. The molecular weight excluding hydrogens is 478 g/mol. The zero-order chi connectivity index (χ0) is 26.1. The minimum absolute atomic E-state index is 0.0236. The SMILES string of the molecule is N=C(c1cccc(O)c1)c1c(N)ncnc1NCc1cc2cccc(F)c2c(=O)n1-c1ccccc1F. The second kappa shape index (κ2) is 9.50. The molecule has 2 aromatic heterocycles. The summed E-state index contributed by atoms with van der Waals surface area (Å²) in [5.74, 6) is -1.17. The highest BCUT2D eigenvalue weighted by Gasteiger charge is 2.19. The molecule has 0 aliphatic heterocycles. The van der Waals surface area contributed by atoms with Crippen LogP contribution in [0.2, 0.25) is 0 Å². The van der Waals surface area contributed by atoms with Crippen LogP contribution in [0.4, 0.5) is 20.4 Å². The first kappa shape index (κ1) is 23.6. The molecule has 0 fully saturated rings. The van der Waals surface area contributed by atoms with Gasteiger partial charge in [-0.1, -0.05) is 36.4 Å². The predicted octanol–water partition coefficient (Wildman–Crippen LogP) is 4.37. The standard InChI is InChI=1S/C27H20F2N6O2/c28-19-8-1-2-10-21(19)35-17(11-15-5-4-9-20(29)22(15)27(35)37)13-32-26-23(25(31)33-14-34-26)24(30)16-6-3-7-18(36)12-16/h1-12,14,30,36H,13H2,(H3,31,32,33,34). The van der Waals surface area contributed by atoms with Crippen LogP contribution in [0.5, 0.6) is 5.75 Å². The molecule has 0 aliphatic rings. The van der Waals surface area contributed by atoms with Gasteiger partial charge in [-0.2, -0.15) is 0 Å². The van der Waals surface area contributed by atoms with Crippen molar-refractivity contribution in [2.75, 3.05) is 11.1 Å². The van der Waals surface area contributed by atoms with E-state index in [4.69, 9.17) is 11.1 Å². The first-order valence-corrected chi connectivity index (χ1v) is 11.2. The topological polar surface area (TPSA) is 130 Å². The average Bonchev–Trinajstić information content (AvgIpc) is 2.88. The van der Waals surface area contributed by atoms with Crippen LogP contribution in [-0.4, -0.2) is 25.4 Å². The number of rotatable bonds is 6. The molecule has 0 aliphatic carbocycles. The molecule has 5 rings (SSSR count). The van der Waals surface area contributed by atoms with Crippen molar-refractivity contribution < 1.29 is 13.9 Å². The van der Waals surface area contributed by atoms with Crippen molar-refractivity contribution in [2.24, 2.45) is 0 Å². The number of pyridine rings is 1. The van der Waals surface area contributed by atoms with E-state index >= 15 is 0 Å². The van der Waals surface area contributed by atoms with E-state index in [0.29, 0.717) is 16.6 Å². The summed E-state index contributed by atoms with van der Waals surface area (Å²) < 4.78 is 30.5. The number of nitrogens with one attached hydrogen (secondary N) is 2. The summed E-state index contributed by atoms with van der Waals surface area (Å²) in [6, 6.07) is 17.7. The molecule has 0 saturated carbocycles. The lowest BCUT2D eigenvalue weighted by Gasteiger charge is -2.18. The van der Waals surface area contributed by atoms with Gasteiger partial charge in [0.25, 0.3) is 5.56 Å². The fourth-order valence-electron chi connectivity index (χ4n) is 4.16. The summed E-state index contributed by atoms with van der Waals surface area (Å²) in [4.78, 5) is 21.6. The van der Waals surface area contributed by atoms with Crippen LogP contribution < -0.4 is 16.6 Å². The summed E-state index contributed by atoms with van der Waals surface area (Å²) >= 11 is 0.